The Bertz CT molecular complexity index is 359. The summed E-state index contributed by atoms with van der Waals surface area (Å²) in [6.45, 7) is 4.16. The van der Waals surface area contributed by atoms with Crippen molar-refractivity contribution in [2.45, 2.75) is 6.92 Å². The van der Waals surface area contributed by atoms with Gasteiger partial charge in [0.1, 0.15) is 0 Å². The van der Waals surface area contributed by atoms with E-state index in [0.717, 1.165) is 12.2 Å². The van der Waals surface area contributed by atoms with Crippen LogP contribution in [0.15, 0.2) is 12.2 Å². The van der Waals surface area contributed by atoms with Crippen LogP contribution in [0.1, 0.15) is 6.92 Å². The number of carbonyl (C=O) groups is 3. The lowest BCUT2D eigenvalue weighted by atomic mass is 10.3. The average Bonchev–Trinajstić information content (AvgIpc) is 2.36. The second-order valence-corrected chi connectivity index (χ2v) is 3.82. The number of hydrogen-bond acceptors (Lipinski definition) is 3. The van der Waals surface area contributed by atoms with Gasteiger partial charge in [0, 0.05) is 44.9 Å². The summed E-state index contributed by atoms with van der Waals surface area (Å²) in [5.74, 6) is -1.49. The number of carbonyl (C=O) groups excluding carboxylic acids is 2. The maximum absolute atomic E-state index is 11.6. The monoisotopic (exact) mass is 255 g/mol. The number of aliphatic carboxylic acids is 1. The average molecular weight is 255 g/mol. The van der Waals surface area contributed by atoms with E-state index in [1.807, 2.05) is 6.92 Å². The molecule has 7 nitrogen and oxygen atoms in total. The third kappa shape index (κ3) is 4.08. The Morgan fingerprint density at radius 1 is 1.11 bits per heavy atom. The predicted molar refractivity (Wildman–Crippen MR) is 64.0 cm³/mol. The largest absolute Gasteiger partial charge is 0.478 e. The van der Waals surface area contributed by atoms with E-state index >= 15 is 0 Å². The van der Waals surface area contributed by atoms with Crippen LogP contribution in [0.5, 0.6) is 0 Å². The second kappa shape index (κ2) is 6.63. The first-order valence-electron chi connectivity index (χ1n) is 5.77. The van der Waals surface area contributed by atoms with Crippen LogP contribution in [-0.4, -0.2) is 65.5 Å². The van der Waals surface area contributed by atoms with Crippen LogP contribution in [0.2, 0.25) is 0 Å². The summed E-state index contributed by atoms with van der Waals surface area (Å²) in [5.41, 5.74) is 0. The molecule has 1 saturated heterocycles. The van der Waals surface area contributed by atoms with E-state index in [-0.39, 0.29) is 11.9 Å². The van der Waals surface area contributed by atoms with E-state index in [1.54, 1.807) is 4.90 Å². The van der Waals surface area contributed by atoms with E-state index in [1.165, 1.54) is 4.90 Å². The van der Waals surface area contributed by atoms with E-state index in [2.05, 4.69) is 5.32 Å². The second-order valence-electron chi connectivity index (χ2n) is 3.82. The third-order valence-electron chi connectivity index (χ3n) is 2.58. The highest BCUT2D eigenvalue weighted by atomic mass is 16.4. The molecule has 1 rings (SSSR count). The van der Waals surface area contributed by atoms with Gasteiger partial charge in [-0.15, -0.1) is 0 Å². The highest BCUT2D eigenvalue weighted by Crippen LogP contribution is 2.03. The molecule has 100 valence electrons. The highest BCUT2D eigenvalue weighted by molar-refractivity contribution is 5.94. The van der Waals surface area contributed by atoms with Gasteiger partial charge in [-0.1, -0.05) is 0 Å². The van der Waals surface area contributed by atoms with Crippen LogP contribution in [0.25, 0.3) is 0 Å². The highest BCUT2D eigenvalue weighted by Gasteiger charge is 2.22. The lowest BCUT2D eigenvalue weighted by molar-refractivity contribution is -0.132. The van der Waals surface area contributed by atoms with Gasteiger partial charge in [0.2, 0.25) is 5.91 Å². The van der Waals surface area contributed by atoms with Crippen LogP contribution in [-0.2, 0) is 9.59 Å². The zero-order chi connectivity index (χ0) is 13.5. The summed E-state index contributed by atoms with van der Waals surface area (Å²) in [6.07, 6.45) is 1.85. The van der Waals surface area contributed by atoms with Crippen LogP contribution in [0.3, 0.4) is 0 Å². The van der Waals surface area contributed by atoms with Crippen molar-refractivity contribution in [2.75, 3.05) is 32.7 Å². The number of nitrogens with zero attached hydrogens (tertiary/aromatic N) is 2. The van der Waals surface area contributed by atoms with Gasteiger partial charge >= 0.3 is 12.0 Å². The quantitative estimate of drug-likeness (QED) is 0.665. The van der Waals surface area contributed by atoms with Crippen molar-refractivity contribution in [2.24, 2.45) is 0 Å². The Balaban J connectivity index is 2.41. The van der Waals surface area contributed by atoms with E-state index < -0.39 is 5.97 Å². The minimum absolute atomic E-state index is 0.134. The Kier molecular flexibility index (Phi) is 5.16. The number of nitrogens with one attached hydrogen (secondary N) is 1. The normalized spacial score (nSPS) is 15.8. The number of rotatable bonds is 3. The SMILES string of the molecule is CCNC(=O)N1CCN(C(=O)/C=C/C(=O)O)CC1. The fourth-order valence-electron chi connectivity index (χ4n) is 1.64. The maximum Gasteiger partial charge on any atom is 0.328 e. The van der Waals surface area contributed by atoms with Crippen LogP contribution in [0, 0.1) is 0 Å². The molecule has 0 aromatic heterocycles. The maximum atomic E-state index is 11.6. The summed E-state index contributed by atoms with van der Waals surface area (Å²) in [7, 11) is 0. The molecular formula is C11H17N3O4. The Morgan fingerprint density at radius 3 is 2.17 bits per heavy atom. The first-order chi connectivity index (χ1) is 8.54. The smallest absolute Gasteiger partial charge is 0.328 e. The Hall–Kier alpha value is -2.05. The lowest BCUT2D eigenvalue weighted by Gasteiger charge is -2.34. The molecule has 0 atom stereocenters. The van der Waals surface area contributed by atoms with Gasteiger partial charge in [0.15, 0.2) is 0 Å². The first-order valence-corrected chi connectivity index (χ1v) is 5.77. The summed E-state index contributed by atoms with van der Waals surface area (Å²) < 4.78 is 0. The molecule has 0 radical (unpaired) electrons. The molecular weight excluding hydrogens is 238 g/mol. The number of urea groups is 1. The summed E-state index contributed by atoms with van der Waals surface area (Å²) in [5, 5.41) is 11.1. The third-order valence-corrected chi connectivity index (χ3v) is 2.58. The van der Waals surface area contributed by atoms with Crippen molar-refractivity contribution in [3.8, 4) is 0 Å². The molecule has 2 N–H and O–H groups in total. The Labute approximate surface area is 105 Å². The number of carboxylic acid groups (broad SMARTS) is 1. The molecule has 1 fully saturated rings. The van der Waals surface area contributed by atoms with Crippen molar-refractivity contribution in [3.05, 3.63) is 12.2 Å². The number of amides is 3. The minimum Gasteiger partial charge on any atom is -0.478 e. The topological polar surface area (TPSA) is 90.0 Å². The van der Waals surface area contributed by atoms with Crippen molar-refractivity contribution in [1.29, 1.82) is 0 Å². The van der Waals surface area contributed by atoms with Crippen LogP contribution < -0.4 is 5.32 Å². The standard InChI is InChI=1S/C11H17N3O4/c1-2-12-11(18)14-7-5-13(6-8-14)9(15)3-4-10(16)17/h3-4H,2,5-8H2,1H3,(H,12,18)(H,16,17)/b4-3+. The molecule has 3 amide bonds. The molecule has 1 aliphatic rings. The van der Waals surface area contributed by atoms with Crippen molar-refractivity contribution in [1.82, 2.24) is 15.1 Å². The molecule has 7 heteroatoms. The number of hydrogen-bond donors (Lipinski definition) is 2. The van der Waals surface area contributed by atoms with Gasteiger partial charge in [0.05, 0.1) is 0 Å². The molecule has 1 heterocycles. The minimum atomic E-state index is -1.15. The summed E-state index contributed by atoms with van der Waals surface area (Å²) in [6, 6.07) is -0.134. The molecule has 0 aromatic rings. The molecule has 1 aliphatic heterocycles. The van der Waals surface area contributed by atoms with Crippen LogP contribution >= 0.6 is 0 Å². The van der Waals surface area contributed by atoms with Crippen LogP contribution in [0.4, 0.5) is 4.79 Å². The van der Waals surface area contributed by atoms with E-state index in [9.17, 15) is 14.4 Å². The molecule has 0 unspecified atom stereocenters. The van der Waals surface area contributed by atoms with Gasteiger partial charge in [-0.05, 0) is 6.92 Å². The Morgan fingerprint density at radius 2 is 1.67 bits per heavy atom. The fourth-order valence-corrected chi connectivity index (χ4v) is 1.64. The van der Waals surface area contributed by atoms with Crippen molar-refractivity contribution in [3.63, 3.8) is 0 Å². The van der Waals surface area contributed by atoms with Crippen molar-refractivity contribution < 1.29 is 19.5 Å². The zero-order valence-corrected chi connectivity index (χ0v) is 10.3. The van der Waals surface area contributed by atoms with Gasteiger partial charge < -0.3 is 20.2 Å². The van der Waals surface area contributed by atoms with Gasteiger partial charge in [-0.2, -0.15) is 0 Å². The lowest BCUT2D eigenvalue weighted by Crippen LogP contribution is -2.52. The summed E-state index contributed by atoms with van der Waals surface area (Å²) in [4.78, 5) is 36.5. The zero-order valence-electron chi connectivity index (χ0n) is 10.3. The fraction of sp³-hybridized carbons (Fsp3) is 0.545. The van der Waals surface area contributed by atoms with Gasteiger partial charge in [0.25, 0.3) is 0 Å². The molecule has 0 bridgehead atoms. The molecule has 0 spiro atoms. The van der Waals surface area contributed by atoms with Gasteiger partial charge in [-0.25, -0.2) is 9.59 Å². The molecule has 18 heavy (non-hydrogen) atoms. The van der Waals surface area contributed by atoms with E-state index in [4.69, 9.17) is 5.11 Å². The first kappa shape index (κ1) is 14.0. The number of piperazine rings is 1. The van der Waals surface area contributed by atoms with E-state index in [0.29, 0.717) is 32.7 Å². The predicted octanol–water partition coefficient (Wildman–Crippen LogP) is -0.499. The summed E-state index contributed by atoms with van der Waals surface area (Å²) >= 11 is 0. The molecule has 0 aromatic carbocycles. The number of carboxylic acids is 1. The van der Waals surface area contributed by atoms with Gasteiger partial charge in [-0.3, -0.25) is 4.79 Å². The molecule has 0 aliphatic carbocycles. The molecule has 0 saturated carbocycles. The van der Waals surface area contributed by atoms with Crippen molar-refractivity contribution >= 4 is 17.9 Å².